The van der Waals surface area contributed by atoms with E-state index in [2.05, 4.69) is 4.98 Å². The van der Waals surface area contributed by atoms with Crippen LogP contribution in [0.4, 0.5) is 0 Å². The predicted octanol–water partition coefficient (Wildman–Crippen LogP) is 2.82. The summed E-state index contributed by atoms with van der Waals surface area (Å²) in [7, 11) is 3.07. The number of rotatable bonds is 6. The summed E-state index contributed by atoms with van der Waals surface area (Å²) in [5.41, 5.74) is 1.36. The van der Waals surface area contributed by atoms with Crippen molar-refractivity contribution in [2.24, 2.45) is 0 Å². The summed E-state index contributed by atoms with van der Waals surface area (Å²) in [6, 6.07) is 8.73. The maximum atomic E-state index is 9.16. The molecule has 0 saturated heterocycles. The van der Waals surface area contributed by atoms with E-state index in [1.165, 1.54) is 7.11 Å². The number of halogens is 1. The molecule has 0 spiro atoms. The highest BCUT2D eigenvalue weighted by atomic mass is 35.5. The number of methoxy groups -OCH3 is 2. The normalized spacial score (nSPS) is 10.3. The predicted molar refractivity (Wildman–Crippen MR) is 79.0 cm³/mol. The van der Waals surface area contributed by atoms with Crippen molar-refractivity contribution in [1.82, 2.24) is 4.98 Å². The van der Waals surface area contributed by atoms with Gasteiger partial charge in [0.2, 0.25) is 5.88 Å². The molecule has 5 nitrogen and oxygen atoms in total. The van der Waals surface area contributed by atoms with Crippen molar-refractivity contribution in [2.45, 2.75) is 13.2 Å². The molecule has 0 atom stereocenters. The molecule has 0 aliphatic rings. The maximum Gasteiger partial charge on any atom is 0.213 e. The third kappa shape index (κ3) is 3.77. The second kappa shape index (κ2) is 7.15. The zero-order chi connectivity index (χ0) is 15.2. The Balaban J connectivity index is 2.19. The number of aromatic nitrogens is 1. The number of hydrogen-bond acceptors (Lipinski definition) is 5. The van der Waals surface area contributed by atoms with E-state index in [0.717, 1.165) is 0 Å². The van der Waals surface area contributed by atoms with Gasteiger partial charge in [-0.15, -0.1) is 0 Å². The van der Waals surface area contributed by atoms with E-state index < -0.39 is 0 Å². The van der Waals surface area contributed by atoms with Gasteiger partial charge in [-0.05, 0) is 23.8 Å². The van der Waals surface area contributed by atoms with Gasteiger partial charge in [-0.3, -0.25) is 0 Å². The van der Waals surface area contributed by atoms with Crippen molar-refractivity contribution in [2.75, 3.05) is 14.2 Å². The monoisotopic (exact) mass is 309 g/mol. The Hall–Kier alpha value is -1.98. The lowest BCUT2D eigenvalue weighted by Gasteiger charge is -2.13. The molecule has 2 rings (SSSR count). The van der Waals surface area contributed by atoms with E-state index in [-0.39, 0.29) is 13.2 Å². The van der Waals surface area contributed by atoms with Crippen LogP contribution < -0.4 is 14.2 Å². The van der Waals surface area contributed by atoms with Gasteiger partial charge in [0.1, 0.15) is 6.61 Å². The zero-order valence-electron chi connectivity index (χ0n) is 11.8. The second-order valence-electron chi connectivity index (χ2n) is 4.23. The van der Waals surface area contributed by atoms with Gasteiger partial charge in [0.05, 0.1) is 31.5 Å². The SMILES string of the molecule is COc1cccc(COc2c(Cl)cc(CO)cc2OC)n1. The smallest absolute Gasteiger partial charge is 0.213 e. The lowest BCUT2D eigenvalue weighted by molar-refractivity contribution is 0.271. The molecule has 2 aromatic rings. The van der Waals surface area contributed by atoms with E-state index in [1.54, 1.807) is 25.3 Å². The van der Waals surface area contributed by atoms with Crippen molar-refractivity contribution < 1.29 is 19.3 Å². The summed E-state index contributed by atoms with van der Waals surface area (Å²) >= 11 is 6.16. The summed E-state index contributed by atoms with van der Waals surface area (Å²) < 4.78 is 16.0. The molecule has 0 radical (unpaired) electrons. The first-order chi connectivity index (χ1) is 10.2. The average Bonchev–Trinajstić information content (AvgIpc) is 2.53. The molecule has 1 aromatic heterocycles. The van der Waals surface area contributed by atoms with Gasteiger partial charge in [0.15, 0.2) is 11.5 Å². The number of aliphatic hydroxyl groups excluding tert-OH is 1. The Kier molecular flexibility index (Phi) is 5.25. The number of nitrogens with zero attached hydrogens (tertiary/aromatic N) is 1. The van der Waals surface area contributed by atoms with E-state index in [1.807, 2.05) is 12.1 Å². The number of ether oxygens (including phenoxy) is 3. The molecule has 0 unspecified atom stereocenters. The van der Waals surface area contributed by atoms with Gasteiger partial charge in [0, 0.05) is 6.07 Å². The molecule has 6 heteroatoms. The summed E-state index contributed by atoms with van der Waals surface area (Å²) in [5, 5.41) is 9.54. The van der Waals surface area contributed by atoms with Crippen LogP contribution in [-0.4, -0.2) is 24.3 Å². The summed E-state index contributed by atoms with van der Waals surface area (Å²) in [5.74, 6) is 1.40. The fourth-order valence-electron chi connectivity index (χ4n) is 1.80. The number of aliphatic hydroxyl groups is 1. The fourth-order valence-corrected chi connectivity index (χ4v) is 2.09. The van der Waals surface area contributed by atoms with E-state index >= 15 is 0 Å². The van der Waals surface area contributed by atoms with Gasteiger partial charge in [0.25, 0.3) is 0 Å². The first-order valence-corrected chi connectivity index (χ1v) is 6.65. The maximum absolute atomic E-state index is 9.16. The molecule has 1 aromatic carbocycles. The van der Waals surface area contributed by atoms with Crippen LogP contribution in [0.1, 0.15) is 11.3 Å². The van der Waals surface area contributed by atoms with Crippen molar-refractivity contribution in [3.8, 4) is 17.4 Å². The highest BCUT2D eigenvalue weighted by molar-refractivity contribution is 6.32. The highest BCUT2D eigenvalue weighted by Crippen LogP contribution is 2.36. The fraction of sp³-hybridized carbons (Fsp3) is 0.267. The van der Waals surface area contributed by atoms with Gasteiger partial charge in [-0.1, -0.05) is 17.7 Å². The Morgan fingerprint density at radius 2 is 2.00 bits per heavy atom. The zero-order valence-corrected chi connectivity index (χ0v) is 12.6. The van der Waals surface area contributed by atoms with E-state index in [9.17, 15) is 0 Å². The molecule has 0 aliphatic carbocycles. The Bertz CT molecular complexity index is 619. The Morgan fingerprint density at radius 1 is 1.19 bits per heavy atom. The average molecular weight is 310 g/mol. The van der Waals surface area contributed by atoms with Crippen molar-refractivity contribution in [1.29, 1.82) is 0 Å². The van der Waals surface area contributed by atoms with Crippen LogP contribution in [0.25, 0.3) is 0 Å². The van der Waals surface area contributed by atoms with Crippen LogP contribution in [0.15, 0.2) is 30.3 Å². The van der Waals surface area contributed by atoms with E-state index in [0.29, 0.717) is 33.7 Å². The molecule has 0 bridgehead atoms. The van der Waals surface area contributed by atoms with Crippen LogP contribution >= 0.6 is 11.6 Å². The first-order valence-electron chi connectivity index (χ1n) is 6.28. The largest absolute Gasteiger partial charge is 0.493 e. The molecule has 112 valence electrons. The summed E-state index contributed by atoms with van der Waals surface area (Å²) in [4.78, 5) is 4.25. The van der Waals surface area contributed by atoms with Crippen LogP contribution in [0.5, 0.6) is 17.4 Å². The Morgan fingerprint density at radius 3 is 2.67 bits per heavy atom. The molecular weight excluding hydrogens is 294 g/mol. The van der Waals surface area contributed by atoms with E-state index in [4.69, 9.17) is 30.9 Å². The second-order valence-corrected chi connectivity index (χ2v) is 4.63. The lowest BCUT2D eigenvalue weighted by Crippen LogP contribution is -2.02. The topological polar surface area (TPSA) is 60.8 Å². The van der Waals surface area contributed by atoms with Crippen LogP contribution in [-0.2, 0) is 13.2 Å². The van der Waals surface area contributed by atoms with Crippen LogP contribution in [0, 0.1) is 0 Å². The molecule has 0 amide bonds. The molecule has 1 N–H and O–H groups in total. The highest BCUT2D eigenvalue weighted by Gasteiger charge is 2.12. The lowest BCUT2D eigenvalue weighted by atomic mass is 10.2. The third-order valence-corrected chi connectivity index (χ3v) is 3.11. The molecule has 0 saturated carbocycles. The third-order valence-electron chi connectivity index (χ3n) is 2.83. The van der Waals surface area contributed by atoms with Gasteiger partial charge < -0.3 is 19.3 Å². The molecule has 0 fully saturated rings. The van der Waals surface area contributed by atoms with Crippen molar-refractivity contribution >= 4 is 11.6 Å². The molecule has 1 heterocycles. The van der Waals surface area contributed by atoms with Gasteiger partial charge >= 0.3 is 0 Å². The number of benzene rings is 1. The van der Waals surface area contributed by atoms with Crippen molar-refractivity contribution in [3.63, 3.8) is 0 Å². The minimum atomic E-state index is -0.117. The quantitative estimate of drug-likeness (QED) is 0.889. The van der Waals surface area contributed by atoms with Crippen LogP contribution in [0.3, 0.4) is 0 Å². The summed E-state index contributed by atoms with van der Waals surface area (Å²) in [6.45, 7) is 0.111. The molecular formula is C15H16ClNO4. The minimum absolute atomic E-state index is 0.117. The number of pyridine rings is 1. The van der Waals surface area contributed by atoms with Crippen molar-refractivity contribution in [3.05, 3.63) is 46.6 Å². The standard InChI is InChI=1S/C15H16ClNO4/c1-19-13-7-10(8-18)6-12(16)15(13)21-9-11-4-3-5-14(17-11)20-2/h3-7,18H,8-9H2,1-2H3. The van der Waals surface area contributed by atoms with Gasteiger partial charge in [-0.2, -0.15) is 0 Å². The number of hydrogen-bond donors (Lipinski definition) is 1. The summed E-state index contributed by atoms with van der Waals surface area (Å²) in [6.07, 6.45) is 0. The first kappa shape index (κ1) is 15.4. The van der Waals surface area contributed by atoms with Crippen LogP contribution in [0.2, 0.25) is 5.02 Å². The molecule has 21 heavy (non-hydrogen) atoms. The Labute approximate surface area is 128 Å². The molecule has 0 aliphatic heterocycles. The van der Waals surface area contributed by atoms with Gasteiger partial charge in [-0.25, -0.2) is 4.98 Å². The minimum Gasteiger partial charge on any atom is -0.493 e.